The van der Waals surface area contributed by atoms with Crippen molar-refractivity contribution in [1.82, 2.24) is 19.5 Å². The molecule has 2 aromatic rings. The van der Waals surface area contributed by atoms with E-state index in [0.29, 0.717) is 0 Å². The highest BCUT2D eigenvalue weighted by Gasteiger charge is 2.48. The summed E-state index contributed by atoms with van der Waals surface area (Å²) in [7, 11) is 2.73. The number of aliphatic hydroxyl groups is 2. The SMILES string of the molecule is CNc1nc(C(=O)OC)nc2c1ncn2C1O[C@H](C(=O)O)C(O)C1O. The Balaban J connectivity index is 2.11. The summed E-state index contributed by atoms with van der Waals surface area (Å²) in [6, 6.07) is 0. The molecule has 1 aliphatic rings. The zero-order valence-electron chi connectivity index (χ0n) is 13.2. The third-order valence-corrected chi connectivity index (χ3v) is 3.78. The van der Waals surface area contributed by atoms with Gasteiger partial charge in [0.2, 0.25) is 5.82 Å². The highest BCUT2D eigenvalue weighted by Crippen LogP contribution is 2.32. The van der Waals surface area contributed by atoms with Gasteiger partial charge in [0.25, 0.3) is 0 Å². The maximum atomic E-state index is 11.7. The topological polar surface area (TPSA) is 169 Å². The van der Waals surface area contributed by atoms with Gasteiger partial charge in [0.1, 0.15) is 12.2 Å². The van der Waals surface area contributed by atoms with Crippen LogP contribution in [0.25, 0.3) is 11.2 Å². The third kappa shape index (κ3) is 2.65. The molecule has 3 rings (SSSR count). The van der Waals surface area contributed by atoms with Crippen molar-refractivity contribution in [3.63, 3.8) is 0 Å². The minimum absolute atomic E-state index is 0.0991. The van der Waals surface area contributed by atoms with Crippen molar-refractivity contribution in [3.05, 3.63) is 12.2 Å². The predicted octanol–water partition coefficient (Wildman–Crippen LogP) is -1.64. The standard InChI is InChI=1S/C13H15N5O7/c1-14-8-4-10(17-9(16-8)13(23)24-2)18(3-15-4)11-6(20)5(19)7(25-11)12(21)22/h3,5-7,11,19-20H,1-2H3,(H,21,22)(H,14,16,17)/t5?,6?,7-,11?/m0/s1. The minimum Gasteiger partial charge on any atom is -0.479 e. The number of imidazole rings is 1. The van der Waals surface area contributed by atoms with E-state index >= 15 is 0 Å². The smallest absolute Gasteiger partial charge is 0.376 e. The molecule has 4 N–H and O–H groups in total. The lowest BCUT2D eigenvalue weighted by molar-refractivity contribution is -0.155. The molecule has 0 spiro atoms. The average Bonchev–Trinajstić information content (AvgIpc) is 3.15. The lowest BCUT2D eigenvalue weighted by Gasteiger charge is -2.16. The quantitative estimate of drug-likeness (QED) is 0.465. The Morgan fingerprint density at radius 1 is 1.32 bits per heavy atom. The van der Waals surface area contributed by atoms with Crippen LogP contribution in [0.15, 0.2) is 6.33 Å². The fourth-order valence-electron chi connectivity index (χ4n) is 2.55. The van der Waals surface area contributed by atoms with Gasteiger partial charge >= 0.3 is 11.9 Å². The molecule has 0 radical (unpaired) electrons. The number of aromatic nitrogens is 4. The Hall–Kier alpha value is -2.83. The second kappa shape index (κ2) is 6.23. The molecular weight excluding hydrogens is 338 g/mol. The van der Waals surface area contributed by atoms with Crippen molar-refractivity contribution in [2.75, 3.05) is 19.5 Å². The Morgan fingerprint density at radius 3 is 2.60 bits per heavy atom. The number of rotatable bonds is 4. The fraction of sp³-hybridized carbons (Fsp3) is 0.462. The Kier molecular flexibility index (Phi) is 4.24. The number of aliphatic carboxylic acids is 1. The number of esters is 1. The van der Waals surface area contributed by atoms with Crippen molar-refractivity contribution < 1.29 is 34.4 Å². The van der Waals surface area contributed by atoms with Crippen LogP contribution in [0.1, 0.15) is 16.8 Å². The Morgan fingerprint density at radius 2 is 2.04 bits per heavy atom. The molecule has 0 aromatic carbocycles. The maximum Gasteiger partial charge on any atom is 0.376 e. The van der Waals surface area contributed by atoms with Gasteiger partial charge in [-0.2, -0.15) is 0 Å². The molecule has 1 fully saturated rings. The fourth-order valence-corrected chi connectivity index (χ4v) is 2.55. The van der Waals surface area contributed by atoms with E-state index in [-0.39, 0.29) is 22.8 Å². The number of hydrogen-bond acceptors (Lipinski definition) is 10. The van der Waals surface area contributed by atoms with Crippen LogP contribution in [-0.4, -0.2) is 79.2 Å². The number of carboxylic acids is 1. The highest BCUT2D eigenvalue weighted by molar-refractivity contribution is 5.91. The maximum absolute atomic E-state index is 11.7. The van der Waals surface area contributed by atoms with Gasteiger partial charge in [0.05, 0.1) is 13.4 Å². The molecule has 0 bridgehead atoms. The molecular formula is C13H15N5O7. The van der Waals surface area contributed by atoms with E-state index in [4.69, 9.17) is 9.84 Å². The first-order valence-corrected chi connectivity index (χ1v) is 7.14. The van der Waals surface area contributed by atoms with Crippen molar-refractivity contribution >= 4 is 28.9 Å². The Labute approximate surface area is 140 Å². The van der Waals surface area contributed by atoms with Crippen molar-refractivity contribution in [1.29, 1.82) is 0 Å². The summed E-state index contributed by atoms with van der Waals surface area (Å²) in [6.07, 6.45) is -4.79. The van der Waals surface area contributed by atoms with E-state index in [1.807, 2.05) is 0 Å². The van der Waals surface area contributed by atoms with Crippen LogP contribution < -0.4 is 5.32 Å². The summed E-state index contributed by atoms with van der Waals surface area (Å²) in [4.78, 5) is 35.0. The zero-order valence-corrected chi connectivity index (χ0v) is 13.2. The van der Waals surface area contributed by atoms with Crippen LogP contribution in [0.4, 0.5) is 5.82 Å². The molecule has 0 amide bonds. The molecule has 12 heteroatoms. The van der Waals surface area contributed by atoms with E-state index < -0.39 is 36.5 Å². The molecule has 0 saturated carbocycles. The number of methoxy groups -OCH3 is 1. The molecule has 3 unspecified atom stereocenters. The number of ether oxygens (including phenoxy) is 2. The van der Waals surface area contributed by atoms with Crippen LogP contribution in [0, 0.1) is 0 Å². The molecule has 1 saturated heterocycles. The van der Waals surface area contributed by atoms with Gasteiger partial charge in [0, 0.05) is 7.05 Å². The van der Waals surface area contributed by atoms with E-state index in [1.165, 1.54) is 18.0 Å². The molecule has 12 nitrogen and oxygen atoms in total. The summed E-state index contributed by atoms with van der Waals surface area (Å²) >= 11 is 0. The number of anilines is 1. The van der Waals surface area contributed by atoms with Gasteiger partial charge in [0.15, 0.2) is 29.3 Å². The molecule has 2 aromatic heterocycles. The van der Waals surface area contributed by atoms with Crippen molar-refractivity contribution in [3.8, 4) is 0 Å². The van der Waals surface area contributed by atoms with Crippen LogP contribution in [-0.2, 0) is 14.3 Å². The molecule has 3 heterocycles. The number of carbonyl (C=O) groups excluding carboxylic acids is 1. The highest BCUT2D eigenvalue weighted by atomic mass is 16.6. The van der Waals surface area contributed by atoms with E-state index in [0.717, 1.165) is 0 Å². The first kappa shape index (κ1) is 17.0. The van der Waals surface area contributed by atoms with Crippen LogP contribution >= 0.6 is 0 Å². The number of hydrogen-bond donors (Lipinski definition) is 4. The molecule has 25 heavy (non-hydrogen) atoms. The average molecular weight is 353 g/mol. The summed E-state index contributed by atoms with van der Waals surface area (Å²) in [5.74, 6) is -2.24. The normalized spacial score (nSPS) is 25.9. The first-order valence-electron chi connectivity index (χ1n) is 7.14. The van der Waals surface area contributed by atoms with Crippen LogP contribution in [0.5, 0.6) is 0 Å². The third-order valence-electron chi connectivity index (χ3n) is 3.78. The summed E-state index contributed by atoms with van der Waals surface area (Å²) in [6.45, 7) is 0. The van der Waals surface area contributed by atoms with Crippen LogP contribution in [0.3, 0.4) is 0 Å². The van der Waals surface area contributed by atoms with E-state index in [2.05, 4.69) is 25.0 Å². The first-order chi connectivity index (χ1) is 11.9. The van der Waals surface area contributed by atoms with E-state index in [9.17, 15) is 19.8 Å². The zero-order chi connectivity index (χ0) is 18.3. The Bertz CT molecular complexity index is 838. The predicted molar refractivity (Wildman–Crippen MR) is 79.8 cm³/mol. The summed E-state index contributed by atoms with van der Waals surface area (Å²) < 4.78 is 11.0. The largest absolute Gasteiger partial charge is 0.479 e. The van der Waals surface area contributed by atoms with Gasteiger partial charge in [-0.25, -0.2) is 24.5 Å². The molecule has 134 valence electrons. The van der Waals surface area contributed by atoms with E-state index in [1.54, 1.807) is 7.05 Å². The van der Waals surface area contributed by atoms with Gasteiger partial charge in [-0.1, -0.05) is 0 Å². The lowest BCUT2D eigenvalue weighted by atomic mass is 10.1. The minimum atomic E-state index is -1.63. The number of nitrogens with zero attached hydrogens (tertiary/aromatic N) is 4. The molecule has 0 aliphatic carbocycles. The summed E-state index contributed by atoms with van der Waals surface area (Å²) in [5.41, 5.74) is 0.362. The van der Waals surface area contributed by atoms with Gasteiger partial charge < -0.3 is 30.1 Å². The van der Waals surface area contributed by atoms with Gasteiger partial charge in [-0.15, -0.1) is 0 Å². The van der Waals surface area contributed by atoms with Gasteiger partial charge in [-0.3, -0.25) is 4.57 Å². The van der Waals surface area contributed by atoms with Crippen molar-refractivity contribution in [2.45, 2.75) is 24.5 Å². The number of fused-ring (bicyclic) bond motifs is 1. The monoisotopic (exact) mass is 353 g/mol. The summed E-state index contributed by atoms with van der Waals surface area (Å²) in [5, 5.41) is 31.8. The number of carbonyl (C=O) groups is 2. The van der Waals surface area contributed by atoms with Crippen molar-refractivity contribution in [2.24, 2.45) is 0 Å². The van der Waals surface area contributed by atoms with Gasteiger partial charge in [-0.05, 0) is 0 Å². The second-order valence-corrected chi connectivity index (χ2v) is 5.23. The number of nitrogens with one attached hydrogen (secondary N) is 1. The molecule has 4 atom stereocenters. The number of aliphatic hydroxyl groups excluding tert-OH is 2. The van der Waals surface area contributed by atoms with Crippen LogP contribution in [0.2, 0.25) is 0 Å². The second-order valence-electron chi connectivity index (χ2n) is 5.23. The lowest BCUT2D eigenvalue weighted by Crippen LogP contribution is -2.35. The molecule has 1 aliphatic heterocycles. The number of carboxylic acid groups (broad SMARTS) is 1.